The minimum atomic E-state index is 0.0451. The summed E-state index contributed by atoms with van der Waals surface area (Å²) in [4.78, 5) is 11.2. The molecule has 0 bridgehead atoms. The summed E-state index contributed by atoms with van der Waals surface area (Å²) in [6.45, 7) is 5.93. The zero-order valence-electron chi connectivity index (χ0n) is 7.18. The third-order valence-corrected chi connectivity index (χ3v) is 1.84. The topological polar surface area (TPSA) is 41.1 Å². The highest BCUT2D eigenvalue weighted by Crippen LogP contribution is 2.05. The zero-order valence-corrected chi connectivity index (χ0v) is 7.18. The van der Waals surface area contributed by atoms with Gasteiger partial charge >= 0.3 is 0 Å². The number of nitrogens with one attached hydrogen (secondary N) is 2. The van der Waals surface area contributed by atoms with E-state index in [2.05, 4.69) is 24.5 Å². The first kappa shape index (κ1) is 8.53. The molecule has 0 aliphatic carbocycles. The monoisotopic (exact) mass is 156 g/mol. The second kappa shape index (κ2) is 3.72. The second-order valence-electron chi connectivity index (χ2n) is 3.43. The molecule has 1 aliphatic rings. The Morgan fingerprint density at radius 1 is 1.55 bits per heavy atom. The lowest BCUT2D eigenvalue weighted by Crippen LogP contribution is -2.53. The van der Waals surface area contributed by atoms with Crippen LogP contribution in [0, 0.1) is 5.92 Å². The van der Waals surface area contributed by atoms with E-state index in [-0.39, 0.29) is 11.9 Å². The largest absolute Gasteiger partial charge is 0.353 e. The average molecular weight is 156 g/mol. The molecule has 1 aliphatic heterocycles. The van der Waals surface area contributed by atoms with Crippen molar-refractivity contribution < 1.29 is 4.79 Å². The van der Waals surface area contributed by atoms with Crippen LogP contribution in [0.4, 0.5) is 0 Å². The van der Waals surface area contributed by atoms with E-state index in [1.165, 1.54) is 0 Å². The fourth-order valence-electron chi connectivity index (χ4n) is 1.31. The number of carbonyl (C=O) groups excluding carboxylic acids is 1. The van der Waals surface area contributed by atoms with Crippen molar-refractivity contribution in [3.05, 3.63) is 0 Å². The maximum absolute atomic E-state index is 11.2. The lowest BCUT2D eigenvalue weighted by atomic mass is 10.0. The Hall–Kier alpha value is -0.570. The number of hydrogen-bond acceptors (Lipinski definition) is 2. The first-order valence-electron chi connectivity index (χ1n) is 4.21. The SMILES string of the molecule is CC(C)C[C@@H]1NCCNC1=O. The first-order chi connectivity index (χ1) is 5.20. The number of rotatable bonds is 2. The van der Waals surface area contributed by atoms with Crippen molar-refractivity contribution in [2.75, 3.05) is 13.1 Å². The molecule has 11 heavy (non-hydrogen) atoms. The standard InChI is InChI=1S/C8H16N2O/c1-6(2)5-7-8(11)10-4-3-9-7/h6-7,9H,3-5H2,1-2H3,(H,10,11)/t7-/m0/s1. The molecule has 0 saturated carbocycles. The van der Waals surface area contributed by atoms with Crippen molar-refractivity contribution in [3.63, 3.8) is 0 Å². The summed E-state index contributed by atoms with van der Waals surface area (Å²) >= 11 is 0. The Labute approximate surface area is 67.5 Å². The Morgan fingerprint density at radius 3 is 2.82 bits per heavy atom. The summed E-state index contributed by atoms with van der Waals surface area (Å²) in [5.41, 5.74) is 0. The summed E-state index contributed by atoms with van der Waals surface area (Å²) < 4.78 is 0. The van der Waals surface area contributed by atoms with Crippen LogP contribution in [-0.4, -0.2) is 25.0 Å². The normalized spacial score (nSPS) is 25.4. The van der Waals surface area contributed by atoms with Gasteiger partial charge in [0.2, 0.25) is 5.91 Å². The van der Waals surface area contributed by atoms with Crippen LogP contribution < -0.4 is 10.6 Å². The quantitative estimate of drug-likeness (QED) is 0.596. The van der Waals surface area contributed by atoms with Crippen molar-refractivity contribution in [2.45, 2.75) is 26.3 Å². The van der Waals surface area contributed by atoms with Gasteiger partial charge in [0, 0.05) is 13.1 Å². The predicted octanol–water partition coefficient (Wildman–Crippen LogP) is 0.120. The van der Waals surface area contributed by atoms with E-state index in [4.69, 9.17) is 0 Å². The van der Waals surface area contributed by atoms with Crippen molar-refractivity contribution in [2.24, 2.45) is 5.92 Å². The van der Waals surface area contributed by atoms with E-state index in [0.29, 0.717) is 5.92 Å². The Balaban J connectivity index is 2.36. The fourth-order valence-corrected chi connectivity index (χ4v) is 1.31. The molecule has 1 fully saturated rings. The van der Waals surface area contributed by atoms with E-state index in [1.54, 1.807) is 0 Å². The van der Waals surface area contributed by atoms with Gasteiger partial charge in [-0.1, -0.05) is 13.8 Å². The van der Waals surface area contributed by atoms with Gasteiger partial charge in [-0.25, -0.2) is 0 Å². The van der Waals surface area contributed by atoms with Crippen LogP contribution in [-0.2, 0) is 4.79 Å². The van der Waals surface area contributed by atoms with E-state index in [0.717, 1.165) is 19.5 Å². The molecule has 0 aromatic heterocycles. The van der Waals surface area contributed by atoms with E-state index < -0.39 is 0 Å². The zero-order chi connectivity index (χ0) is 8.27. The molecule has 0 aromatic rings. The summed E-state index contributed by atoms with van der Waals surface area (Å²) in [6.07, 6.45) is 0.936. The van der Waals surface area contributed by atoms with Gasteiger partial charge in [0.1, 0.15) is 0 Å². The Morgan fingerprint density at radius 2 is 2.27 bits per heavy atom. The Bertz CT molecular complexity index is 145. The maximum Gasteiger partial charge on any atom is 0.237 e. The molecule has 1 rings (SSSR count). The number of carbonyl (C=O) groups is 1. The summed E-state index contributed by atoms with van der Waals surface area (Å²) in [5, 5.41) is 6.02. The van der Waals surface area contributed by atoms with Crippen LogP contribution in [0.5, 0.6) is 0 Å². The van der Waals surface area contributed by atoms with Gasteiger partial charge in [0.05, 0.1) is 6.04 Å². The summed E-state index contributed by atoms with van der Waals surface area (Å²) in [6, 6.07) is 0.0451. The molecule has 2 N–H and O–H groups in total. The smallest absolute Gasteiger partial charge is 0.237 e. The third kappa shape index (κ3) is 2.50. The predicted molar refractivity (Wildman–Crippen MR) is 44.3 cm³/mol. The highest BCUT2D eigenvalue weighted by atomic mass is 16.2. The molecule has 3 nitrogen and oxygen atoms in total. The van der Waals surface area contributed by atoms with Gasteiger partial charge in [-0.05, 0) is 12.3 Å². The average Bonchev–Trinajstić information content (AvgIpc) is 1.93. The molecule has 1 heterocycles. The lowest BCUT2D eigenvalue weighted by Gasteiger charge is -2.24. The molecule has 1 saturated heterocycles. The highest BCUT2D eigenvalue weighted by molar-refractivity contribution is 5.82. The number of amides is 1. The van der Waals surface area contributed by atoms with Crippen LogP contribution in [0.15, 0.2) is 0 Å². The number of piperazine rings is 1. The molecule has 1 atom stereocenters. The minimum absolute atomic E-state index is 0.0451. The van der Waals surface area contributed by atoms with E-state index in [1.807, 2.05) is 0 Å². The highest BCUT2D eigenvalue weighted by Gasteiger charge is 2.21. The van der Waals surface area contributed by atoms with Gasteiger partial charge < -0.3 is 10.6 Å². The van der Waals surface area contributed by atoms with Gasteiger partial charge in [0.25, 0.3) is 0 Å². The van der Waals surface area contributed by atoms with Gasteiger partial charge in [-0.3, -0.25) is 4.79 Å². The molecule has 0 unspecified atom stereocenters. The molecule has 0 radical (unpaired) electrons. The molecule has 64 valence electrons. The maximum atomic E-state index is 11.2. The third-order valence-electron chi connectivity index (χ3n) is 1.84. The van der Waals surface area contributed by atoms with Crippen LogP contribution in [0.3, 0.4) is 0 Å². The van der Waals surface area contributed by atoms with Crippen molar-refractivity contribution >= 4 is 5.91 Å². The second-order valence-corrected chi connectivity index (χ2v) is 3.43. The van der Waals surface area contributed by atoms with E-state index in [9.17, 15) is 4.79 Å². The van der Waals surface area contributed by atoms with Gasteiger partial charge in [0.15, 0.2) is 0 Å². The first-order valence-corrected chi connectivity index (χ1v) is 4.21. The van der Waals surface area contributed by atoms with Gasteiger partial charge in [-0.2, -0.15) is 0 Å². The lowest BCUT2D eigenvalue weighted by molar-refractivity contribution is -0.124. The van der Waals surface area contributed by atoms with Crippen LogP contribution >= 0.6 is 0 Å². The molecule has 1 amide bonds. The molecule has 0 spiro atoms. The summed E-state index contributed by atoms with van der Waals surface area (Å²) in [5.74, 6) is 0.737. The van der Waals surface area contributed by atoms with Crippen molar-refractivity contribution in [1.82, 2.24) is 10.6 Å². The molecular weight excluding hydrogens is 140 g/mol. The Kier molecular flexibility index (Phi) is 2.88. The van der Waals surface area contributed by atoms with Crippen LogP contribution in [0.2, 0.25) is 0 Å². The molecular formula is C8H16N2O. The molecule has 0 aromatic carbocycles. The van der Waals surface area contributed by atoms with Crippen molar-refractivity contribution in [1.29, 1.82) is 0 Å². The van der Waals surface area contributed by atoms with Crippen molar-refractivity contribution in [3.8, 4) is 0 Å². The van der Waals surface area contributed by atoms with Crippen LogP contribution in [0.1, 0.15) is 20.3 Å². The fraction of sp³-hybridized carbons (Fsp3) is 0.875. The number of hydrogen-bond donors (Lipinski definition) is 2. The van der Waals surface area contributed by atoms with E-state index >= 15 is 0 Å². The van der Waals surface area contributed by atoms with Gasteiger partial charge in [-0.15, -0.1) is 0 Å². The minimum Gasteiger partial charge on any atom is -0.353 e. The van der Waals surface area contributed by atoms with Crippen LogP contribution in [0.25, 0.3) is 0 Å². The molecule has 3 heteroatoms. The summed E-state index contributed by atoms with van der Waals surface area (Å²) in [7, 11) is 0.